The highest BCUT2D eigenvalue weighted by atomic mass is 32.2. The second-order valence-corrected chi connectivity index (χ2v) is 6.25. The van der Waals surface area contributed by atoms with Crippen molar-refractivity contribution in [1.82, 2.24) is 15.5 Å². The van der Waals surface area contributed by atoms with Gasteiger partial charge in [0.15, 0.2) is 5.82 Å². The van der Waals surface area contributed by atoms with Crippen LogP contribution in [-0.4, -0.2) is 29.1 Å². The smallest absolute Gasteiger partial charge is 0.252 e. The Balaban J connectivity index is 1.92. The average molecular weight is 340 g/mol. The molecule has 3 rings (SSSR count). The van der Waals surface area contributed by atoms with E-state index in [-0.39, 0.29) is 11.8 Å². The number of aromatic nitrogens is 2. The van der Waals surface area contributed by atoms with Gasteiger partial charge >= 0.3 is 0 Å². The van der Waals surface area contributed by atoms with E-state index >= 15 is 0 Å². The molecule has 24 heavy (non-hydrogen) atoms. The van der Waals surface area contributed by atoms with Gasteiger partial charge in [-0.3, -0.25) is 14.7 Å². The van der Waals surface area contributed by atoms with Gasteiger partial charge in [-0.15, -0.1) is 0 Å². The summed E-state index contributed by atoms with van der Waals surface area (Å²) in [7, 11) is 1.62. The third-order valence-electron chi connectivity index (χ3n) is 3.42. The van der Waals surface area contributed by atoms with E-state index in [1.165, 1.54) is 18.7 Å². The van der Waals surface area contributed by atoms with Crippen molar-refractivity contribution in [1.29, 1.82) is 0 Å². The minimum atomic E-state index is -0.165. The molecular formula is C17H16N4O2S. The van der Waals surface area contributed by atoms with Crippen LogP contribution in [0.3, 0.4) is 0 Å². The summed E-state index contributed by atoms with van der Waals surface area (Å²) in [4.78, 5) is 25.0. The lowest BCUT2D eigenvalue weighted by Crippen LogP contribution is -2.18. The van der Waals surface area contributed by atoms with E-state index in [1.807, 2.05) is 36.4 Å². The van der Waals surface area contributed by atoms with Crippen LogP contribution in [-0.2, 0) is 4.79 Å². The molecule has 0 aliphatic carbocycles. The average Bonchev–Trinajstić information content (AvgIpc) is 2.96. The van der Waals surface area contributed by atoms with Crippen LogP contribution in [0.15, 0.2) is 52.3 Å². The van der Waals surface area contributed by atoms with Gasteiger partial charge in [-0.1, -0.05) is 23.9 Å². The number of anilines is 1. The van der Waals surface area contributed by atoms with E-state index in [4.69, 9.17) is 0 Å². The topological polar surface area (TPSA) is 86.9 Å². The summed E-state index contributed by atoms with van der Waals surface area (Å²) in [6.07, 6.45) is 0. The quantitative estimate of drug-likeness (QED) is 0.681. The Morgan fingerprint density at radius 2 is 1.96 bits per heavy atom. The lowest BCUT2D eigenvalue weighted by molar-refractivity contribution is -0.114. The molecule has 0 fully saturated rings. The molecule has 2 aromatic carbocycles. The van der Waals surface area contributed by atoms with Gasteiger partial charge in [-0.2, -0.15) is 5.10 Å². The number of carbonyl (C=O) groups is 2. The lowest BCUT2D eigenvalue weighted by atomic mass is 10.2. The van der Waals surface area contributed by atoms with Gasteiger partial charge in [0.25, 0.3) is 5.91 Å². The van der Waals surface area contributed by atoms with Crippen LogP contribution in [0.25, 0.3) is 10.9 Å². The van der Waals surface area contributed by atoms with Crippen LogP contribution >= 0.6 is 11.8 Å². The van der Waals surface area contributed by atoms with E-state index in [9.17, 15) is 9.59 Å². The van der Waals surface area contributed by atoms with Crippen molar-refractivity contribution in [2.45, 2.75) is 16.7 Å². The first-order chi connectivity index (χ1) is 11.6. The number of amides is 2. The summed E-state index contributed by atoms with van der Waals surface area (Å²) in [5.74, 6) is 0.231. The first-order valence-electron chi connectivity index (χ1n) is 7.33. The molecule has 0 saturated carbocycles. The summed E-state index contributed by atoms with van der Waals surface area (Å²) in [6, 6.07) is 13.2. The predicted molar refractivity (Wildman–Crippen MR) is 94.4 cm³/mol. The molecule has 0 spiro atoms. The number of hydrogen-bond acceptors (Lipinski definition) is 4. The largest absolute Gasteiger partial charge is 0.355 e. The monoisotopic (exact) mass is 340 g/mol. The number of nitrogens with zero attached hydrogens (tertiary/aromatic N) is 1. The Morgan fingerprint density at radius 3 is 2.71 bits per heavy atom. The molecule has 1 heterocycles. The number of fused-ring (bicyclic) bond motifs is 1. The highest BCUT2D eigenvalue weighted by Crippen LogP contribution is 2.33. The van der Waals surface area contributed by atoms with Crippen molar-refractivity contribution in [2.24, 2.45) is 0 Å². The fraction of sp³-hybridized carbons (Fsp3) is 0.118. The SMILES string of the molecule is CNC(=O)c1ccccc1Sc1ccc2c(NC(C)=O)n[nH]c2c1. The van der Waals surface area contributed by atoms with Crippen molar-refractivity contribution in [3.05, 3.63) is 48.0 Å². The second-order valence-electron chi connectivity index (χ2n) is 5.14. The maximum absolute atomic E-state index is 12.0. The number of rotatable bonds is 4. The van der Waals surface area contributed by atoms with Crippen LogP contribution < -0.4 is 10.6 Å². The summed E-state index contributed by atoms with van der Waals surface area (Å²) in [5, 5.41) is 13.2. The van der Waals surface area contributed by atoms with Crippen molar-refractivity contribution in [3.63, 3.8) is 0 Å². The van der Waals surface area contributed by atoms with Crippen LogP contribution in [0.1, 0.15) is 17.3 Å². The normalized spacial score (nSPS) is 10.6. The molecule has 6 nitrogen and oxygen atoms in total. The molecule has 2 amide bonds. The van der Waals surface area contributed by atoms with Gasteiger partial charge in [0, 0.05) is 29.1 Å². The van der Waals surface area contributed by atoms with Gasteiger partial charge in [-0.05, 0) is 30.3 Å². The Hall–Kier alpha value is -2.80. The highest BCUT2D eigenvalue weighted by Gasteiger charge is 2.12. The minimum Gasteiger partial charge on any atom is -0.355 e. The van der Waals surface area contributed by atoms with E-state index in [1.54, 1.807) is 13.1 Å². The molecule has 1 aromatic heterocycles. The van der Waals surface area contributed by atoms with E-state index in [0.717, 1.165) is 20.7 Å². The first kappa shape index (κ1) is 16.1. The second kappa shape index (κ2) is 6.76. The van der Waals surface area contributed by atoms with Gasteiger partial charge in [-0.25, -0.2) is 0 Å². The molecule has 3 N–H and O–H groups in total. The summed E-state index contributed by atoms with van der Waals surface area (Å²) < 4.78 is 0. The molecule has 7 heteroatoms. The van der Waals surface area contributed by atoms with Crippen LogP contribution in [0.4, 0.5) is 5.82 Å². The van der Waals surface area contributed by atoms with Crippen LogP contribution in [0.5, 0.6) is 0 Å². The maximum atomic E-state index is 12.0. The van der Waals surface area contributed by atoms with Gasteiger partial charge in [0.2, 0.25) is 5.91 Å². The van der Waals surface area contributed by atoms with E-state index in [2.05, 4.69) is 20.8 Å². The molecule has 3 aromatic rings. The van der Waals surface area contributed by atoms with E-state index in [0.29, 0.717) is 11.4 Å². The standard InChI is InChI=1S/C17H16N4O2S/c1-10(22)19-16-12-8-7-11(9-14(12)20-21-16)24-15-6-4-3-5-13(15)17(23)18-2/h3-9H,1-2H3,(H,18,23)(H2,19,20,21,22). The lowest BCUT2D eigenvalue weighted by Gasteiger charge is -2.08. The Labute approximate surface area is 143 Å². The molecule has 0 unspecified atom stereocenters. The van der Waals surface area contributed by atoms with Crippen molar-refractivity contribution >= 4 is 40.3 Å². The molecule has 0 saturated heterocycles. The minimum absolute atomic E-state index is 0.117. The number of nitrogens with one attached hydrogen (secondary N) is 3. The fourth-order valence-corrected chi connectivity index (χ4v) is 3.31. The Bertz CT molecular complexity index is 920. The molecular weight excluding hydrogens is 324 g/mol. The molecule has 0 aliphatic rings. The summed E-state index contributed by atoms with van der Waals surface area (Å²) in [5.41, 5.74) is 1.45. The molecule has 122 valence electrons. The summed E-state index contributed by atoms with van der Waals surface area (Å²) in [6.45, 7) is 1.44. The van der Waals surface area contributed by atoms with Gasteiger partial charge in [0.05, 0.1) is 11.1 Å². The van der Waals surface area contributed by atoms with Crippen LogP contribution in [0.2, 0.25) is 0 Å². The Morgan fingerprint density at radius 1 is 1.17 bits per heavy atom. The molecule has 0 bridgehead atoms. The predicted octanol–water partition coefficient (Wildman–Crippen LogP) is 3.03. The summed E-state index contributed by atoms with van der Waals surface area (Å²) >= 11 is 1.50. The fourth-order valence-electron chi connectivity index (χ4n) is 2.33. The van der Waals surface area contributed by atoms with Crippen molar-refractivity contribution in [2.75, 3.05) is 12.4 Å². The highest BCUT2D eigenvalue weighted by molar-refractivity contribution is 7.99. The Kier molecular flexibility index (Phi) is 4.52. The number of aromatic amines is 1. The molecule has 0 radical (unpaired) electrons. The number of carbonyl (C=O) groups excluding carboxylic acids is 2. The number of hydrogen-bond donors (Lipinski definition) is 3. The number of H-pyrrole nitrogens is 1. The first-order valence-corrected chi connectivity index (χ1v) is 8.15. The van der Waals surface area contributed by atoms with Crippen molar-refractivity contribution in [3.8, 4) is 0 Å². The van der Waals surface area contributed by atoms with Gasteiger partial charge in [0.1, 0.15) is 0 Å². The third-order valence-corrected chi connectivity index (χ3v) is 4.48. The zero-order chi connectivity index (χ0) is 17.1. The zero-order valence-corrected chi connectivity index (χ0v) is 14.0. The number of benzene rings is 2. The van der Waals surface area contributed by atoms with Gasteiger partial charge < -0.3 is 10.6 Å². The van der Waals surface area contributed by atoms with E-state index < -0.39 is 0 Å². The maximum Gasteiger partial charge on any atom is 0.252 e. The van der Waals surface area contributed by atoms with Crippen molar-refractivity contribution < 1.29 is 9.59 Å². The third kappa shape index (κ3) is 3.26. The zero-order valence-electron chi connectivity index (χ0n) is 13.2. The van der Waals surface area contributed by atoms with Crippen LogP contribution in [0, 0.1) is 0 Å². The molecule has 0 aliphatic heterocycles. The molecule has 0 atom stereocenters.